The molecule has 1 amide bonds. The van der Waals surface area contributed by atoms with Crippen LogP contribution in [-0.4, -0.2) is 28.0 Å². The molecule has 1 N–H and O–H groups in total. The zero-order valence-electron chi connectivity index (χ0n) is 12.3. The van der Waals surface area contributed by atoms with Crippen molar-refractivity contribution in [2.45, 2.75) is 17.1 Å². The van der Waals surface area contributed by atoms with Crippen LogP contribution >= 0.6 is 11.3 Å². The molecule has 0 fully saturated rings. The number of sulfone groups is 1. The number of thiophene rings is 1. The molecule has 1 atom stereocenters. The van der Waals surface area contributed by atoms with Gasteiger partial charge in [-0.05, 0) is 35.7 Å². The number of carbonyl (C=O) groups excluding carboxylic acids is 1. The number of rotatable bonds is 6. The van der Waals surface area contributed by atoms with Gasteiger partial charge in [0.1, 0.15) is 11.0 Å². The maximum Gasteiger partial charge on any atom is 0.216 e. The molecule has 5 nitrogen and oxygen atoms in total. The van der Waals surface area contributed by atoms with Gasteiger partial charge in [0.25, 0.3) is 0 Å². The van der Waals surface area contributed by atoms with Gasteiger partial charge in [0.2, 0.25) is 5.91 Å². The summed E-state index contributed by atoms with van der Waals surface area (Å²) in [6.45, 7) is 1.41. The van der Waals surface area contributed by atoms with Crippen LogP contribution in [0.2, 0.25) is 0 Å². The van der Waals surface area contributed by atoms with Gasteiger partial charge in [-0.25, -0.2) is 8.42 Å². The number of amides is 1. The first kappa shape index (κ1) is 16.5. The highest BCUT2D eigenvalue weighted by atomic mass is 32.2. The van der Waals surface area contributed by atoms with Crippen molar-refractivity contribution < 1.29 is 17.9 Å². The highest BCUT2D eigenvalue weighted by Crippen LogP contribution is 2.32. The molecule has 1 heterocycles. The van der Waals surface area contributed by atoms with Crippen LogP contribution in [0.4, 0.5) is 0 Å². The molecule has 2 aromatic rings. The molecule has 0 aliphatic carbocycles. The highest BCUT2D eigenvalue weighted by Gasteiger charge is 2.30. The molecule has 0 aliphatic heterocycles. The van der Waals surface area contributed by atoms with E-state index in [9.17, 15) is 13.2 Å². The molecule has 0 bridgehead atoms. The number of hydrogen-bond acceptors (Lipinski definition) is 5. The third-order valence-electron chi connectivity index (χ3n) is 3.16. The Morgan fingerprint density at radius 2 is 1.95 bits per heavy atom. The molecule has 118 valence electrons. The Kier molecular flexibility index (Phi) is 5.20. The zero-order chi connectivity index (χ0) is 16.2. The first-order chi connectivity index (χ1) is 10.4. The summed E-state index contributed by atoms with van der Waals surface area (Å²) in [4.78, 5) is 12.0. The molecule has 1 aromatic heterocycles. The van der Waals surface area contributed by atoms with Gasteiger partial charge in [0.05, 0.1) is 12.0 Å². The van der Waals surface area contributed by atoms with E-state index in [1.54, 1.807) is 24.3 Å². The van der Waals surface area contributed by atoms with Gasteiger partial charge in [-0.15, -0.1) is 11.3 Å². The van der Waals surface area contributed by atoms with Gasteiger partial charge in [0.15, 0.2) is 9.84 Å². The highest BCUT2D eigenvalue weighted by molar-refractivity contribution is 7.91. The van der Waals surface area contributed by atoms with E-state index in [1.165, 1.54) is 37.5 Å². The summed E-state index contributed by atoms with van der Waals surface area (Å²) in [6.07, 6.45) is 0. The van der Waals surface area contributed by atoms with E-state index >= 15 is 0 Å². The van der Waals surface area contributed by atoms with Crippen LogP contribution in [0.25, 0.3) is 0 Å². The number of hydrogen-bond donors (Lipinski definition) is 1. The van der Waals surface area contributed by atoms with Crippen molar-refractivity contribution in [2.24, 2.45) is 0 Å². The number of carbonyl (C=O) groups is 1. The van der Waals surface area contributed by atoms with Crippen molar-refractivity contribution in [2.75, 3.05) is 13.7 Å². The second kappa shape index (κ2) is 6.93. The summed E-state index contributed by atoms with van der Waals surface area (Å²) < 4.78 is 30.8. The van der Waals surface area contributed by atoms with Crippen LogP contribution in [0.15, 0.2) is 46.7 Å². The van der Waals surface area contributed by atoms with E-state index in [4.69, 9.17) is 4.74 Å². The summed E-state index contributed by atoms with van der Waals surface area (Å²) in [6, 6.07) is 9.81. The van der Waals surface area contributed by atoms with Crippen molar-refractivity contribution in [3.8, 4) is 5.75 Å². The Morgan fingerprint density at radius 3 is 2.45 bits per heavy atom. The van der Waals surface area contributed by atoms with Gasteiger partial charge in [-0.3, -0.25) is 4.79 Å². The van der Waals surface area contributed by atoms with E-state index in [1.807, 2.05) is 5.38 Å². The van der Waals surface area contributed by atoms with Crippen LogP contribution in [0.3, 0.4) is 0 Å². The lowest BCUT2D eigenvalue weighted by molar-refractivity contribution is -0.118. The summed E-state index contributed by atoms with van der Waals surface area (Å²) in [5, 5.41) is 3.61. The van der Waals surface area contributed by atoms with Crippen LogP contribution in [0.1, 0.15) is 17.1 Å². The van der Waals surface area contributed by atoms with Crippen LogP contribution < -0.4 is 10.1 Å². The summed E-state index contributed by atoms with van der Waals surface area (Å²) in [5.74, 6) is 0.333. The minimum Gasteiger partial charge on any atom is -0.497 e. The summed E-state index contributed by atoms with van der Waals surface area (Å²) in [5.41, 5.74) is 0. The third-order valence-corrected chi connectivity index (χ3v) is 6.39. The Labute approximate surface area is 133 Å². The molecule has 0 unspecified atom stereocenters. The standard InChI is InChI=1S/C15H17NO4S2/c1-11(17)16-10-15(14-4-3-9-21-14)22(18,19)13-7-5-12(20-2)6-8-13/h3-9,15H,10H2,1-2H3,(H,16,17)/t15-/m0/s1. The summed E-state index contributed by atoms with van der Waals surface area (Å²) in [7, 11) is -2.08. The predicted molar refractivity (Wildman–Crippen MR) is 85.9 cm³/mol. The molecule has 1 aromatic carbocycles. The van der Waals surface area contributed by atoms with E-state index in [-0.39, 0.29) is 17.3 Å². The average Bonchev–Trinajstić information content (AvgIpc) is 3.01. The number of benzene rings is 1. The SMILES string of the molecule is COc1ccc(S(=O)(=O)[C@@H](CNC(C)=O)c2cccs2)cc1. The van der Waals surface area contributed by atoms with Crippen molar-refractivity contribution in [3.63, 3.8) is 0 Å². The lowest BCUT2D eigenvalue weighted by Crippen LogP contribution is -2.29. The lowest BCUT2D eigenvalue weighted by Gasteiger charge is -2.17. The van der Waals surface area contributed by atoms with Crippen molar-refractivity contribution in [1.29, 1.82) is 0 Å². The fraction of sp³-hybridized carbons (Fsp3) is 0.267. The Balaban J connectivity index is 2.37. The lowest BCUT2D eigenvalue weighted by atomic mass is 10.3. The monoisotopic (exact) mass is 339 g/mol. The minimum atomic E-state index is -3.60. The fourth-order valence-electron chi connectivity index (χ4n) is 2.00. The average molecular weight is 339 g/mol. The topological polar surface area (TPSA) is 72.5 Å². The Hall–Kier alpha value is -1.86. The maximum absolute atomic E-state index is 12.9. The zero-order valence-corrected chi connectivity index (χ0v) is 13.9. The van der Waals surface area contributed by atoms with E-state index < -0.39 is 15.1 Å². The van der Waals surface area contributed by atoms with Gasteiger partial charge >= 0.3 is 0 Å². The van der Waals surface area contributed by atoms with Crippen LogP contribution in [0, 0.1) is 0 Å². The molecule has 0 radical (unpaired) electrons. The second-order valence-electron chi connectivity index (χ2n) is 4.66. The van der Waals surface area contributed by atoms with E-state index in [0.29, 0.717) is 10.6 Å². The molecule has 22 heavy (non-hydrogen) atoms. The second-order valence-corrected chi connectivity index (χ2v) is 7.77. The predicted octanol–water partition coefficient (Wildman–Crippen LogP) is 2.41. The largest absolute Gasteiger partial charge is 0.497 e. The van der Waals surface area contributed by atoms with Crippen molar-refractivity contribution >= 4 is 27.1 Å². The number of nitrogens with one attached hydrogen (secondary N) is 1. The molecule has 0 aliphatic rings. The summed E-state index contributed by atoms with van der Waals surface area (Å²) >= 11 is 1.36. The fourth-order valence-corrected chi connectivity index (χ4v) is 4.79. The minimum absolute atomic E-state index is 0.0458. The molecule has 0 saturated carbocycles. The van der Waals surface area contributed by atoms with Crippen molar-refractivity contribution in [1.82, 2.24) is 5.32 Å². The first-order valence-electron chi connectivity index (χ1n) is 6.61. The number of methoxy groups -OCH3 is 1. The molecule has 7 heteroatoms. The maximum atomic E-state index is 12.9. The Bertz CT molecular complexity index is 721. The van der Waals surface area contributed by atoms with Crippen LogP contribution in [-0.2, 0) is 14.6 Å². The molecular weight excluding hydrogens is 322 g/mol. The van der Waals surface area contributed by atoms with Gasteiger partial charge in [-0.1, -0.05) is 6.07 Å². The normalized spacial score (nSPS) is 12.6. The van der Waals surface area contributed by atoms with E-state index in [0.717, 1.165) is 0 Å². The van der Waals surface area contributed by atoms with Crippen LogP contribution in [0.5, 0.6) is 5.75 Å². The first-order valence-corrected chi connectivity index (χ1v) is 9.03. The third kappa shape index (κ3) is 3.66. The molecule has 0 saturated heterocycles. The molecule has 0 spiro atoms. The molecule has 2 rings (SSSR count). The Morgan fingerprint density at radius 1 is 1.27 bits per heavy atom. The number of ether oxygens (including phenoxy) is 1. The molecular formula is C15H17NO4S2. The van der Waals surface area contributed by atoms with Gasteiger partial charge in [0, 0.05) is 18.3 Å². The van der Waals surface area contributed by atoms with Crippen molar-refractivity contribution in [3.05, 3.63) is 46.7 Å². The van der Waals surface area contributed by atoms with Gasteiger partial charge in [-0.2, -0.15) is 0 Å². The smallest absolute Gasteiger partial charge is 0.216 e. The van der Waals surface area contributed by atoms with E-state index in [2.05, 4.69) is 5.32 Å². The van der Waals surface area contributed by atoms with Gasteiger partial charge < -0.3 is 10.1 Å². The quantitative estimate of drug-likeness (QED) is 0.877.